The molecular formula is C10H14FNS. The average molecular weight is 199 g/mol. The van der Waals surface area contributed by atoms with Crippen molar-refractivity contribution < 1.29 is 4.39 Å². The van der Waals surface area contributed by atoms with Gasteiger partial charge in [-0.15, -0.1) is 11.8 Å². The third kappa shape index (κ3) is 3.01. The Morgan fingerprint density at radius 1 is 1.54 bits per heavy atom. The van der Waals surface area contributed by atoms with Crippen molar-refractivity contribution in [2.75, 3.05) is 6.26 Å². The highest BCUT2D eigenvalue weighted by Crippen LogP contribution is 2.22. The summed E-state index contributed by atoms with van der Waals surface area (Å²) in [6.07, 6.45) is 2.71. The lowest BCUT2D eigenvalue weighted by Gasteiger charge is -2.09. The molecule has 3 heteroatoms. The van der Waals surface area contributed by atoms with Gasteiger partial charge in [0, 0.05) is 10.9 Å². The molecule has 0 saturated heterocycles. The van der Waals surface area contributed by atoms with Gasteiger partial charge in [0.15, 0.2) is 0 Å². The molecule has 0 saturated carbocycles. The van der Waals surface area contributed by atoms with E-state index in [0.717, 1.165) is 16.9 Å². The molecule has 0 aliphatic rings. The van der Waals surface area contributed by atoms with Crippen LogP contribution in [0.5, 0.6) is 0 Å². The quantitative estimate of drug-likeness (QED) is 0.757. The molecule has 2 N–H and O–H groups in total. The van der Waals surface area contributed by atoms with Crippen molar-refractivity contribution in [1.29, 1.82) is 0 Å². The van der Waals surface area contributed by atoms with Crippen molar-refractivity contribution in [3.05, 3.63) is 29.6 Å². The summed E-state index contributed by atoms with van der Waals surface area (Å²) in [7, 11) is 0. The van der Waals surface area contributed by atoms with Gasteiger partial charge in [-0.25, -0.2) is 4.39 Å². The lowest BCUT2D eigenvalue weighted by atomic mass is 10.1. The smallest absolute Gasteiger partial charge is 0.123 e. The number of halogens is 1. The Morgan fingerprint density at radius 3 is 2.77 bits per heavy atom. The normalized spacial score (nSPS) is 12.9. The van der Waals surface area contributed by atoms with Gasteiger partial charge in [-0.2, -0.15) is 0 Å². The van der Waals surface area contributed by atoms with Gasteiger partial charge in [0.2, 0.25) is 0 Å². The topological polar surface area (TPSA) is 26.0 Å². The van der Waals surface area contributed by atoms with Crippen molar-refractivity contribution in [3.8, 4) is 0 Å². The molecule has 13 heavy (non-hydrogen) atoms. The Labute approximate surface area is 82.5 Å². The largest absolute Gasteiger partial charge is 0.328 e. The van der Waals surface area contributed by atoms with Gasteiger partial charge in [0.25, 0.3) is 0 Å². The van der Waals surface area contributed by atoms with Crippen LogP contribution in [0.1, 0.15) is 12.5 Å². The van der Waals surface area contributed by atoms with Crippen LogP contribution in [-0.2, 0) is 6.42 Å². The fraction of sp³-hybridized carbons (Fsp3) is 0.400. The first kappa shape index (κ1) is 10.5. The predicted molar refractivity (Wildman–Crippen MR) is 55.5 cm³/mol. The Balaban J connectivity index is 2.94. The molecule has 0 fully saturated rings. The first-order chi connectivity index (χ1) is 6.13. The van der Waals surface area contributed by atoms with Crippen LogP contribution in [0.25, 0.3) is 0 Å². The zero-order chi connectivity index (χ0) is 9.84. The molecule has 72 valence electrons. The SMILES string of the molecule is CSc1ccc(F)cc1CC(C)N. The second-order valence-corrected chi connectivity index (χ2v) is 3.99. The highest BCUT2D eigenvalue weighted by Gasteiger charge is 2.05. The number of benzene rings is 1. The second-order valence-electron chi connectivity index (χ2n) is 3.14. The summed E-state index contributed by atoms with van der Waals surface area (Å²) in [6, 6.07) is 4.93. The molecule has 1 atom stereocenters. The molecule has 1 aromatic carbocycles. The molecular weight excluding hydrogens is 185 g/mol. The van der Waals surface area contributed by atoms with E-state index in [1.54, 1.807) is 23.9 Å². The number of rotatable bonds is 3. The molecule has 0 bridgehead atoms. The lowest BCUT2D eigenvalue weighted by molar-refractivity contribution is 0.620. The first-order valence-corrected chi connectivity index (χ1v) is 5.44. The molecule has 1 nitrogen and oxygen atoms in total. The number of nitrogens with two attached hydrogens (primary N) is 1. The van der Waals surface area contributed by atoms with E-state index in [-0.39, 0.29) is 11.9 Å². The molecule has 0 amide bonds. The number of thioether (sulfide) groups is 1. The van der Waals surface area contributed by atoms with Crippen LogP contribution in [0.2, 0.25) is 0 Å². The van der Waals surface area contributed by atoms with Gasteiger partial charge in [-0.05, 0) is 43.4 Å². The zero-order valence-corrected chi connectivity index (χ0v) is 8.70. The van der Waals surface area contributed by atoms with Crippen molar-refractivity contribution in [2.45, 2.75) is 24.3 Å². The third-order valence-corrected chi connectivity index (χ3v) is 2.62. The lowest BCUT2D eigenvalue weighted by Crippen LogP contribution is -2.18. The highest BCUT2D eigenvalue weighted by molar-refractivity contribution is 7.98. The van der Waals surface area contributed by atoms with Crippen LogP contribution in [0.15, 0.2) is 23.1 Å². The molecule has 1 unspecified atom stereocenters. The Hall–Kier alpha value is -0.540. The van der Waals surface area contributed by atoms with E-state index >= 15 is 0 Å². The summed E-state index contributed by atoms with van der Waals surface area (Å²) >= 11 is 1.62. The Bertz CT molecular complexity index is 286. The second kappa shape index (κ2) is 4.63. The Kier molecular flexibility index (Phi) is 3.75. The van der Waals surface area contributed by atoms with E-state index in [4.69, 9.17) is 5.73 Å². The van der Waals surface area contributed by atoms with E-state index in [2.05, 4.69) is 0 Å². The summed E-state index contributed by atoms with van der Waals surface area (Å²) in [5, 5.41) is 0. The van der Waals surface area contributed by atoms with Gasteiger partial charge >= 0.3 is 0 Å². The minimum Gasteiger partial charge on any atom is -0.328 e. The maximum atomic E-state index is 12.9. The van der Waals surface area contributed by atoms with Crippen LogP contribution >= 0.6 is 11.8 Å². The van der Waals surface area contributed by atoms with Crippen LogP contribution < -0.4 is 5.73 Å². The Morgan fingerprint density at radius 2 is 2.23 bits per heavy atom. The fourth-order valence-electron chi connectivity index (χ4n) is 1.25. The predicted octanol–water partition coefficient (Wildman–Crippen LogP) is 2.44. The minimum absolute atomic E-state index is 0.0766. The summed E-state index contributed by atoms with van der Waals surface area (Å²) < 4.78 is 12.9. The zero-order valence-electron chi connectivity index (χ0n) is 7.88. The third-order valence-electron chi connectivity index (χ3n) is 1.78. The summed E-state index contributed by atoms with van der Waals surface area (Å²) in [6.45, 7) is 1.93. The maximum Gasteiger partial charge on any atom is 0.123 e. The molecule has 1 rings (SSSR count). The average Bonchev–Trinajstić information content (AvgIpc) is 2.03. The van der Waals surface area contributed by atoms with Crippen molar-refractivity contribution in [1.82, 2.24) is 0 Å². The highest BCUT2D eigenvalue weighted by atomic mass is 32.2. The van der Waals surface area contributed by atoms with Crippen LogP contribution in [-0.4, -0.2) is 12.3 Å². The van der Waals surface area contributed by atoms with Crippen LogP contribution in [0, 0.1) is 5.82 Å². The fourth-order valence-corrected chi connectivity index (χ4v) is 1.86. The maximum absolute atomic E-state index is 12.9. The van der Waals surface area contributed by atoms with Gasteiger partial charge in [-0.3, -0.25) is 0 Å². The number of hydrogen-bond donors (Lipinski definition) is 1. The first-order valence-electron chi connectivity index (χ1n) is 4.21. The molecule has 1 aromatic rings. The van der Waals surface area contributed by atoms with Crippen molar-refractivity contribution in [3.63, 3.8) is 0 Å². The molecule has 0 aliphatic heterocycles. The molecule has 0 heterocycles. The van der Waals surface area contributed by atoms with E-state index < -0.39 is 0 Å². The van der Waals surface area contributed by atoms with Crippen LogP contribution in [0.4, 0.5) is 4.39 Å². The van der Waals surface area contributed by atoms with E-state index in [1.165, 1.54) is 6.07 Å². The van der Waals surface area contributed by atoms with Crippen molar-refractivity contribution in [2.24, 2.45) is 5.73 Å². The number of hydrogen-bond acceptors (Lipinski definition) is 2. The molecule has 0 radical (unpaired) electrons. The van der Waals surface area contributed by atoms with Crippen molar-refractivity contribution >= 4 is 11.8 Å². The van der Waals surface area contributed by atoms with Gasteiger partial charge in [-0.1, -0.05) is 0 Å². The monoisotopic (exact) mass is 199 g/mol. The van der Waals surface area contributed by atoms with Crippen LogP contribution in [0.3, 0.4) is 0 Å². The summed E-state index contributed by atoms with van der Waals surface area (Å²) in [4.78, 5) is 1.11. The molecule has 0 spiro atoms. The molecule has 0 aromatic heterocycles. The minimum atomic E-state index is -0.187. The van der Waals surface area contributed by atoms with E-state index in [0.29, 0.717) is 0 Å². The summed E-state index contributed by atoms with van der Waals surface area (Å²) in [5.41, 5.74) is 6.67. The molecule has 0 aliphatic carbocycles. The summed E-state index contributed by atoms with van der Waals surface area (Å²) in [5.74, 6) is -0.187. The van der Waals surface area contributed by atoms with Gasteiger partial charge in [0.1, 0.15) is 5.82 Å². The van der Waals surface area contributed by atoms with Gasteiger partial charge < -0.3 is 5.73 Å². The van der Waals surface area contributed by atoms with Gasteiger partial charge in [0.05, 0.1) is 0 Å². The van der Waals surface area contributed by atoms with E-state index in [9.17, 15) is 4.39 Å². The van der Waals surface area contributed by atoms with E-state index in [1.807, 2.05) is 13.2 Å². The standard InChI is InChI=1S/C10H14FNS/c1-7(12)5-8-6-9(11)3-4-10(8)13-2/h3-4,6-7H,5,12H2,1-2H3.